The van der Waals surface area contributed by atoms with Crippen molar-refractivity contribution in [2.75, 3.05) is 32.8 Å². The Kier molecular flexibility index (Phi) is 6.90. The Morgan fingerprint density at radius 2 is 1.57 bits per heavy atom. The lowest BCUT2D eigenvalue weighted by atomic mass is 10.0. The Balaban J connectivity index is 1.52. The predicted molar refractivity (Wildman–Crippen MR) is 105 cm³/mol. The maximum Gasteiger partial charge on any atom is 0.255 e. The molecule has 1 aromatic rings. The molecule has 1 heterocycles. The molecule has 1 saturated carbocycles. The molecule has 1 aromatic carbocycles. The normalized spacial score (nSPS) is 18.0. The molecule has 2 N–H and O–H groups in total. The molecule has 7 heteroatoms. The van der Waals surface area contributed by atoms with Gasteiger partial charge in [0, 0.05) is 38.2 Å². The van der Waals surface area contributed by atoms with E-state index in [2.05, 4.69) is 0 Å². The maximum absolute atomic E-state index is 12.8. The summed E-state index contributed by atoms with van der Waals surface area (Å²) in [5, 5.41) is 0. The van der Waals surface area contributed by atoms with Crippen LogP contribution in [0.25, 0.3) is 0 Å². The molecule has 0 unspecified atom stereocenters. The zero-order valence-corrected chi connectivity index (χ0v) is 16.3. The van der Waals surface area contributed by atoms with E-state index < -0.39 is 5.91 Å². The standard InChI is InChI=1S/C21H29N3O4/c22-19(25)15-28-18-8-6-17(7-9-18)21(27)24-11-3-10-23(12-13-24)20(26)14-16-4-1-2-5-16/h6-9,16H,1-5,10-15H2,(H2,22,25). The summed E-state index contributed by atoms with van der Waals surface area (Å²) in [6, 6.07) is 6.69. The maximum atomic E-state index is 12.8. The Labute approximate surface area is 165 Å². The number of primary amides is 1. The highest BCUT2D eigenvalue weighted by Gasteiger charge is 2.25. The molecular formula is C21H29N3O4. The van der Waals surface area contributed by atoms with Gasteiger partial charge in [-0.3, -0.25) is 14.4 Å². The van der Waals surface area contributed by atoms with E-state index in [9.17, 15) is 14.4 Å². The minimum Gasteiger partial charge on any atom is -0.484 e. The van der Waals surface area contributed by atoms with Crippen LogP contribution in [0, 0.1) is 5.92 Å². The van der Waals surface area contributed by atoms with E-state index in [0.717, 1.165) is 13.0 Å². The lowest BCUT2D eigenvalue weighted by molar-refractivity contribution is -0.132. The van der Waals surface area contributed by atoms with Gasteiger partial charge in [0.05, 0.1) is 0 Å². The van der Waals surface area contributed by atoms with Gasteiger partial charge in [0.25, 0.3) is 11.8 Å². The van der Waals surface area contributed by atoms with Crippen LogP contribution in [-0.2, 0) is 9.59 Å². The number of hydrogen-bond acceptors (Lipinski definition) is 4. The van der Waals surface area contributed by atoms with Gasteiger partial charge in [0.15, 0.2) is 6.61 Å². The molecule has 2 fully saturated rings. The van der Waals surface area contributed by atoms with E-state index >= 15 is 0 Å². The molecule has 3 rings (SSSR count). The summed E-state index contributed by atoms with van der Waals surface area (Å²) in [5.74, 6) is 0.680. The summed E-state index contributed by atoms with van der Waals surface area (Å²) in [6.07, 6.45) is 6.27. The first-order chi connectivity index (χ1) is 13.5. The first kappa shape index (κ1) is 20.2. The molecule has 3 amide bonds. The Hall–Kier alpha value is -2.57. The van der Waals surface area contributed by atoms with Crippen LogP contribution in [0.5, 0.6) is 5.75 Å². The summed E-state index contributed by atoms with van der Waals surface area (Å²) in [5.41, 5.74) is 5.62. The minimum atomic E-state index is -0.545. The molecule has 1 aliphatic heterocycles. The highest BCUT2D eigenvalue weighted by molar-refractivity contribution is 5.94. The Morgan fingerprint density at radius 1 is 0.929 bits per heavy atom. The smallest absolute Gasteiger partial charge is 0.255 e. The second kappa shape index (κ2) is 9.57. The van der Waals surface area contributed by atoms with Crippen molar-refractivity contribution in [3.63, 3.8) is 0 Å². The average molecular weight is 387 g/mol. The molecule has 1 aliphatic carbocycles. The number of carbonyl (C=O) groups is 3. The van der Waals surface area contributed by atoms with Gasteiger partial charge < -0.3 is 20.3 Å². The second-order valence-corrected chi connectivity index (χ2v) is 7.66. The second-order valence-electron chi connectivity index (χ2n) is 7.66. The molecule has 0 spiro atoms. The van der Waals surface area contributed by atoms with Gasteiger partial charge in [0.2, 0.25) is 5.91 Å². The highest BCUT2D eigenvalue weighted by atomic mass is 16.5. The van der Waals surface area contributed by atoms with Crippen LogP contribution < -0.4 is 10.5 Å². The SMILES string of the molecule is NC(=O)COc1ccc(C(=O)N2CCCN(C(=O)CC3CCCC3)CC2)cc1. The lowest BCUT2D eigenvalue weighted by Gasteiger charge is -2.23. The third-order valence-corrected chi connectivity index (χ3v) is 5.56. The predicted octanol–water partition coefficient (Wildman–Crippen LogP) is 1.81. The van der Waals surface area contributed by atoms with Crippen LogP contribution in [0.2, 0.25) is 0 Å². The molecule has 28 heavy (non-hydrogen) atoms. The van der Waals surface area contributed by atoms with Gasteiger partial charge in [-0.1, -0.05) is 12.8 Å². The van der Waals surface area contributed by atoms with Gasteiger partial charge in [-0.2, -0.15) is 0 Å². The fourth-order valence-corrected chi connectivity index (χ4v) is 3.99. The zero-order chi connectivity index (χ0) is 19.9. The van der Waals surface area contributed by atoms with Gasteiger partial charge in [-0.15, -0.1) is 0 Å². The molecule has 0 bridgehead atoms. The summed E-state index contributed by atoms with van der Waals surface area (Å²) in [4.78, 5) is 39.9. The van der Waals surface area contributed by atoms with Crippen molar-refractivity contribution >= 4 is 17.7 Å². The van der Waals surface area contributed by atoms with Crippen molar-refractivity contribution in [2.45, 2.75) is 38.5 Å². The van der Waals surface area contributed by atoms with Crippen molar-refractivity contribution in [1.29, 1.82) is 0 Å². The zero-order valence-electron chi connectivity index (χ0n) is 16.3. The lowest BCUT2D eigenvalue weighted by Crippen LogP contribution is -2.37. The van der Waals surface area contributed by atoms with Crippen molar-refractivity contribution in [2.24, 2.45) is 11.7 Å². The number of benzene rings is 1. The number of nitrogens with zero attached hydrogens (tertiary/aromatic N) is 2. The number of nitrogens with two attached hydrogens (primary N) is 1. The van der Waals surface area contributed by atoms with Crippen LogP contribution in [0.15, 0.2) is 24.3 Å². The van der Waals surface area contributed by atoms with Crippen molar-refractivity contribution in [3.05, 3.63) is 29.8 Å². The largest absolute Gasteiger partial charge is 0.484 e. The van der Waals surface area contributed by atoms with Crippen molar-refractivity contribution in [1.82, 2.24) is 9.80 Å². The van der Waals surface area contributed by atoms with Crippen LogP contribution in [0.3, 0.4) is 0 Å². The molecular weight excluding hydrogens is 358 g/mol. The fraction of sp³-hybridized carbons (Fsp3) is 0.571. The van der Waals surface area contributed by atoms with Crippen molar-refractivity contribution < 1.29 is 19.1 Å². The number of amides is 3. The first-order valence-corrected chi connectivity index (χ1v) is 10.1. The third-order valence-electron chi connectivity index (χ3n) is 5.56. The topological polar surface area (TPSA) is 92.9 Å². The van der Waals surface area contributed by atoms with E-state index in [1.165, 1.54) is 25.7 Å². The van der Waals surface area contributed by atoms with Crippen LogP contribution >= 0.6 is 0 Å². The Bertz CT molecular complexity index is 698. The fourth-order valence-electron chi connectivity index (χ4n) is 3.99. The van der Waals surface area contributed by atoms with E-state index in [1.54, 1.807) is 24.3 Å². The summed E-state index contributed by atoms with van der Waals surface area (Å²) >= 11 is 0. The first-order valence-electron chi connectivity index (χ1n) is 10.1. The van der Waals surface area contributed by atoms with Crippen LogP contribution in [0.4, 0.5) is 0 Å². The summed E-state index contributed by atoms with van der Waals surface area (Å²) < 4.78 is 5.22. The van der Waals surface area contributed by atoms with Gasteiger partial charge in [-0.25, -0.2) is 0 Å². The number of carbonyl (C=O) groups excluding carboxylic acids is 3. The summed E-state index contributed by atoms with van der Waals surface area (Å²) in [6.45, 7) is 2.32. The highest BCUT2D eigenvalue weighted by Crippen LogP contribution is 2.28. The van der Waals surface area contributed by atoms with E-state index in [0.29, 0.717) is 43.3 Å². The number of hydrogen-bond donors (Lipinski definition) is 1. The molecule has 0 aromatic heterocycles. The van der Waals surface area contributed by atoms with Gasteiger partial charge in [-0.05, 0) is 49.4 Å². The van der Waals surface area contributed by atoms with Crippen molar-refractivity contribution in [3.8, 4) is 5.75 Å². The van der Waals surface area contributed by atoms with E-state index in [-0.39, 0.29) is 18.4 Å². The van der Waals surface area contributed by atoms with Gasteiger partial charge >= 0.3 is 0 Å². The molecule has 2 aliphatic rings. The molecule has 0 radical (unpaired) electrons. The van der Waals surface area contributed by atoms with Crippen LogP contribution in [-0.4, -0.2) is 60.3 Å². The summed E-state index contributed by atoms with van der Waals surface area (Å²) in [7, 11) is 0. The molecule has 0 atom stereocenters. The average Bonchev–Trinajstić information content (AvgIpc) is 3.07. The van der Waals surface area contributed by atoms with E-state index in [1.807, 2.05) is 9.80 Å². The molecule has 1 saturated heterocycles. The Morgan fingerprint density at radius 3 is 2.25 bits per heavy atom. The van der Waals surface area contributed by atoms with E-state index in [4.69, 9.17) is 10.5 Å². The quantitative estimate of drug-likeness (QED) is 0.806. The van der Waals surface area contributed by atoms with Gasteiger partial charge in [0.1, 0.15) is 5.75 Å². The van der Waals surface area contributed by atoms with Crippen LogP contribution in [0.1, 0.15) is 48.9 Å². The number of ether oxygens (including phenoxy) is 1. The molecule has 152 valence electrons. The number of rotatable bonds is 6. The monoisotopic (exact) mass is 387 g/mol. The third kappa shape index (κ3) is 5.47. The minimum absolute atomic E-state index is 0.0495. The molecule has 7 nitrogen and oxygen atoms in total.